The van der Waals surface area contributed by atoms with Gasteiger partial charge >= 0.3 is 0 Å². The van der Waals surface area contributed by atoms with E-state index in [1.807, 2.05) is 24.4 Å². The molecular formula is C20H24N4OS3. The topological polar surface area (TPSA) is 66.9 Å². The lowest BCUT2D eigenvalue weighted by Crippen LogP contribution is -2.30. The quantitative estimate of drug-likeness (QED) is 0.451. The molecule has 28 heavy (non-hydrogen) atoms. The van der Waals surface area contributed by atoms with Gasteiger partial charge in [-0.15, -0.1) is 21.5 Å². The zero-order valence-corrected chi connectivity index (χ0v) is 18.6. The van der Waals surface area contributed by atoms with Crippen LogP contribution < -0.4 is 10.6 Å². The highest BCUT2D eigenvalue weighted by molar-refractivity contribution is 8.02. The Morgan fingerprint density at radius 3 is 2.54 bits per heavy atom. The van der Waals surface area contributed by atoms with Gasteiger partial charge in [0.1, 0.15) is 0 Å². The molecule has 0 radical (unpaired) electrons. The van der Waals surface area contributed by atoms with Gasteiger partial charge in [0.05, 0.1) is 11.8 Å². The second kappa shape index (κ2) is 10.0. The summed E-state index contributed by atoms with van der Waals surface area (Å²) in [5, 5.41) is 17.5. The molecule has 3 aromatic rings. The summed E-state index contributed by atoms with van der Waals surface area (Å²) in [6.07, 6.45) is 1.91. The number of benzene rings is 1. The van der Waals surface area contributed by atoms with Gasteiger partial charge in [0.25, 0.3) is 0 Å². The number of thiophene rings is 1. The molecule has 2 N–H and O–H groups in total. The number of amides is 1. The van der Waals surface area contributed by atoms with Gasteiger partial charge < -0.3 is 10.6 Å². The summed E-state index contributed by atoms with van der Waals surface area (Å²) in [5.74, 6) is 0.00714. The van der Waals surface area contributed by atoms with Crippen molar-refractivity contribution in [3.05, 3.63) is 51.7 Å². The highest BCUT2D eigenvalue weighted by Crippen LogP contribution is 2.32. The van der Waals surface area contributed by atoms with Crippen molar-refractivity contribution in [3.8, 4) is 0 Å². The van der Waals surface area contributed by atoms with E-state index in [1.54, 1.807) is 11.3 Å². The van der Waals surface area contributed by atoms with E-state index in [-0.39, 0.29) is 11.2 Å². The first-order valence-electron chi connectivity index (χ1n) is 9.28. The second-order valence-corrected chi connectivity index (χ2v) is 9.81. The van der Waals surface area contributed by atoms with Crippen molar-refractivity contribution in [1.82, 2.24) is 15.5 Å². The molecule has 0 bridgehead atoms. The van der Waals surface area contributed by atoms with Crippen molar-refractivity contribution in [2.45, 2.75) is 49.7 Å². The van der Waals surface area contributed by atoms with E-state index in [2.05, 4.69) is 52.9 Å². The Hall–Kier alpha value is -1.90. The average Bonchev–Trinajstić information content (AvgIpc) is 3.38. The molecule has 0 spiro atoms. The first kappa shape index (κ1) is 20.8. The van der Waals surface area contributed by atoms with Crippen molar-refractivity contribution in [2.75, 3.05) is 5.32 Å². The van der Waals surface area contributed by atoms with Crippen LogP contribution in [0.25, 0.3) is 0 Å². The third-order valence-corrected chi connectivity index (χ3v) is 7.20. The number of carbonyl (C=O) groups is 1. The maximum absolute atomic E-state index is 12.3. The van der Waals surface area contributed by atoms with E-state index >= 15 is 0 Å². The Bertz CT molecular complexity index is 886. The van der Waals surface area contributed by atoms with Gasteiger partial charge in [-0.3, -0.25) is 4.79 Å². The summed E-state index contributed by atoms with van der Waals surface area (Å²) in [6.45, 7) is 6.76. The number of nitrogens with one attached hydrogen (secondary N) is 2. The normalized spacial score (nSPS) is 12.0. The predicted molar refractivity (Wildman–Crippen MR) is 120 cm³/mol. The first-order valence-corrected chi connectivity index (χ1v) is 11.9. The van der Waals surface area contributed by atoms with Gasteiger partial charge in [0.15, 0.2) is 4.34 Å². The zero-order valence-electron chi connectivity index (χ0n) is 16.2. The highest BCUT2D eigenvalue weighted by Gasteiger charge is 2.18. The molecule has 2 aromatic heterocycles. The third kappa shape index (κ3) is 5.33. The summed E-state index contributed by atoms with van der Waals surface area (Å²) in [7, 11) is 0. The minimum Gasteiger partial charge on any atom is -0.350 e. The Balaban J connectivity index is 1.60. The van der Waals surface area contributed by atoms with Crippen LogP contribution in [0.2, 0.25) is 0 Å². The van der Waals surface area contributed by atoms with E-state index in [0.29, 0.717) is 6.54 Å². The number of thioether (sulfide) groups is 1. The number of aromatic nitrogens is 2. The van der Waals surface area contributed by atoms with Crippen LogP contribution in [0.5, 0.6) is 0 Å². The maximum atomic E-state index is 12.3. The number of hydrogen-bond acceptors (Lipinski definition) is 7. The minimum atomic E-state index is -0.227. The van der Waals surface area contributed by atoms with Crippen LogP contribution >= 0.6 is 34.4 Å². The lowest BCUT2D eigenvalue weighted by Gasteiger charge is -2.13. The van der Waals surface area contributed by atoms with E-state index in [1.165, 1.54) is 34.2 Å². The number of para-hydroxylation sites is 1. The fourth-order valence-electron chi connectivity index (χ4n) is 2.75. The largest absolute Gasteiger partial charge is 0.350 e. The number of carbonyl (C=O) groups excluding carboxylic acids is 1. The first-order chi connectivity index (χ1) is 13.6. The molecule has 0 saturated carbocycles. The van der Waals surface area contributed by atoms with E-state index in [9.17, 15) is 4.79 Å². The van der Waals surface area contributed by atoms with Crippen molar-refractivity contribution >= 4 is 51.2 Å². The van der Waals surface area contributed by atoms with E-state index in [0.717, 1.165) is 32.9 Å². The van der Waals surface area contributed by atoms with Crippen molar-refractivity contribution < 1.29 is 4.79 Å². The van der Waals surface area contributed by atoms with Gasteiger partial charge in [-0.2, -0.15) is 0 Å². The Labute approximate surface area is 178 Å². The molecule has 1 unspecified atom stereocenters. The molecule has 0 saturated heterocycles. The van der Waals surface area contributed by atoms with E-state index in [4.69, 9.17) is 0 Å². The molecular weight excluding hydrogens is 408 g/mol. The number of anilines is 2. The van der Waals surface area contributed by atoms with Crippen LogP contribution in [-0.2, 0) is 24.2 Å². The monoisotopic (exact) mass is 432 g/mol. The van der Waals surface area contributed by atoms with E-state index < -0.39 is 0 Å². The molecule has 5 nitrogen and oxygen atoms in total. The predicted octanol–water partition coefficient (Wildman–Crippen LogP) is 5.27. The van der Waals surface area contributed by atoms with Crippen molar-refractivity contribution in [1.29, 1.82) is 0 Å². The minimum absolute atomic E-state index is 0.00714. The summed E-state index contributed by atoms with van der Waals surface area (Å²) in [6, 6.07) is 10.4. The smallest absolute Gasteiger partial charge is 0.233 e. The molecule has 1 aromatic carbocycles. The van der Waals surface area contributed by atoms with Crippen LogP contribution in [0.3, 0.4) is 0 Å². The SMILES string of the molecule is CCc1cccc(CC)c1Nc1nnc(SC(C)C(=O)NCc2cccs2)s1. The van der Waals surface area contributed by atoms with Crippen LogP contribution in [0.15, 0.2) is 40.1 Å². The number of hydrogen-bond donors (Lipinski definition) is 2. The number of rotatable bonds is 9. The molecule has 2 heterocycles. The molecule has 0 aliphatic heterocycles. The maximum Gasteiger partial charge on any atom is 0.233 e. The third-order valence-electron chi connectivity index (χ3n) is 4.30. The fraction of sp³-hybridized carbons (Fsp3) is 0.350. The highest BCUT2D eigenvalue weighted by atomic mass is 32.2. The standard InChI is InChI=1S/C20H24N4OS3/c1-4-14-8-6-9-15(5-2)17(14)22-19-23-24-20(28-19)27-13(3)18(25)21-12-16-10-7-11-26-16/h6-11,13H,4-5,12H2,1-3H3,(H,21,25)(H,22,23). The van der Waals surface area contributed by atoms with Gasteiger partial charge in [-0.1, -0.05) is 61.2 Å². The summed E-state index contributed by atoms with van der Waals surface area (Å²) >= 11 is 4.56. The van der Waals surface area contributed by atoms with Crippen molar-refractivity contribution in [3.63, 3.8) is 0 Å². The molecule has 0 aliphatic rings. The van der Waals surface area contributed by atoms with Gasteiger partial charge in [-0.25, -0.2) is 0 Å². The van der Waals surface area contributed by atoms with Crippen LogP contribution in [0, 0.1) is 0 Å². The molecule has 8 heteroatoms. The van der Waals surface area contributed by atoms with Crippen molar-refractivity contribution in [2.24, 2.45) is 0 Å². The zero-order chi connectivity index (χ0) is 19.9. The molecule has 1 atom stereocenters. The fourth-order valence-corrected chi connectivity index (χ4v) is 5.32. The summed E-state index contributed by atoms with van der Waals surface area (Å²) in [5.41, 5.74) is 3.66. The molecule has 0 fully saturated rings. The molecule has 148 valence electrons. The second-order valence-electron chi connectivity index (χ2n) is 6.21. The molecule has 0 aliphatic carbocycles. The van der Waals surface area contributed by atoms with Gasteiger partial charge in [0.2, 0.25) is 11.0 Å². The Kier molecular flexibility index (Phi) is 7.47. The van der Waals surface area contributed by atoms with Gasteiger partial charge in [-0.05, 0) is 42.3 Å². The Morgan fingerprint density at radius 2 is 1.89 bits per heavy atom. The van der Waals surface area contributed by atoms with Gasteiger partial charge in [0, 0.05) is 10.6 Å². The molecule has 3 rings (SSSR count). The van der Waals surface area contributed by atoms with Crippen LogP contribution in [0.1, 0.15) is 36.8 Å². The lowest BCUT2D eigenvalue weighted by molar-refractivity contribution is -0.120. The van der Waals surface area contributed by atoms with Crippen LogP contribution in [-0.4, -0.2) is 21.4 Å². The lowest BCUT2D eigenvalue weighted by atomic mass is 10.0. The number of nitrogens with zero attached hydrogens (tertiary/aromatic N) is 2. The number of aryl methyl sites for hydroxylation is 2. The molecule has 1 amide bonds. The average molecular weight is 433 g/mol. The summed E-state index contributed by atoms with van der Waals surface area (Å²) < 4.78 is 0.785. The summed E-state index contributed by atoms with van der Waals surface area (Å²) in [4.78, 5) is 13.5. The van der Waals surface area contributed by atoms with Crippen LogP contribution in [0.4, 0.5) is 10.8 Å². The Morgan fingerprint density at radius 1 is 1.14 bits per heavy atom.